The standard InChI is InChI=1S/C17H24N4O2/c1-13-16(19-12-18-13)11-21(9-8-20(2)3)10-14-6-4-5-7-15(14)17(22)23/h4-7,12H,8-11H2,1-3H3,(H,18,19)(H,22,23). The summed E-state index contributed by atoms with van der Waals surface area (Å²) >= 11 is 0. The van der Waals surface area contributed by atoms with Crippen molar-refractivity contribution in [2.24, 2.45) is 0 Å². The van der Waals surface area contributed by atoms with Crippen LogP contribution in [-0.2, 0) is 13.1 Å². The number of aromatic nitrogens is 2. The first-order valence-electron chi connectivity index (χ1n) is 7.64. The van der Waals surface area contributed by atoms with Crippen molar-refractivity contribution < 1.29 is 9.90 Å². The quantitative estimate of drug-likeness (QED) is 0.779. The highest BCUT2D eigenvalue weighted by Crippen LogP contribution is 2.14. The number of nitrogens with zero attached hydrogens (tertiary/aromatic N) is 3. The van der Waals surface area contributed by atoms with Crippen LogP contribution in [0.4, 0.5) is 0 Å². The van der Waals surface area contributed by atoms with Gasteiger partial charge in [0.15, 0.2) is 0 Å². The highest BCUT2D eigenvalue weighted by atomic mass is 16.4. The number of rotatable bonds is 8. The summed E-state index contributed by atoms with van der Waals surface area (Å²) in [6, 6.07) is 7.17. The Kier molecular flexibility index (Phi) is 5.90. The van der Waals surface area contributed by atoms with Gasteiger partial charge in [0.1, 0.15) is 0 Å². The molecular formula is C17H24N4O2. The summed E-state index contributed by atoms with van der Waals surface area (Å²) < 4.78 is 0. The predicted molar refractivity (Wildman–Crippen MR) is 89.4 cm³/mol. The van der Waals surface area contributed by atoms with Gasteiger partial charge >= 0.3 is 5.97 Å². The van der Waals surface area contributed by atoms with Gasteiger partial charge < -0.3 is 15.0 Å². The van der Waals surface area contributed by atoms with Gasteiger partial charge in [0.2, 0.25) is 0 Å². The van der Waals surface area contributed by atoms with Gasteiger partial charge in [0, 0.05) is 31.9 Å². The molecule has 0 atom stereocenters. The minimum Gasteiger partial charge on any atom is -0.478 e. The van der Waals surface area contributed by atoms with E-state index in [1.54, 1.807) is 18.5 Å². The molecule has 0 fully saturated rings. The molecule has 0 unspecified atom stereocenters. The summed E-state index contributed by atoms with van der Waals surface area (Å²) in [5, 5.41) is 9.35. The van der Waals surface area contributed by atoms with Gasteiger partial charge in [-0.05, 0) is 32.6 Å². The normalized spacial score (nSPS) is 11.3. The molecule has 2 aromatic rings. The number of hydrogen-bond donors (Lipinski definition) is 2. The number of nitrogens with one attached hydrogen (secondary N) is 1. The van der Waals surface area contributed by atoms with Gasteiger partial charge in [-0.1, -0.05) is 18.2 Å². The number of carboxylic acids is 1. The van der Waals surface area contributed by atoms with Crippen LogP contribution in [0, 0.1) is 6.92 Å². The molecule has 1 heterocycles. The average Bonchev–Trinajstić information content (AvgIpc) is 2.90. The van der Waals surface area contributed by atoms with Crippen LogP contribution >= 0.6 is 0 Å². The van der Waals surface area contributed by atoms with E-state index < -0.39 is 5.97 Å². The summed E-state index contributed by atoms with van der Waals surface area (Å²) in [7, 11) is 4.06. The van der Waals surface area contributed by atoms with E-state index >= 15 is 0 Å². The zero-order valence-electron chi connectivity index (χ0n) is 13.9. The van der Waals surface area contributed by atoms with E-state index in [2.05, 4.69) is 19.8 Å². The Bertz CT molecular complexity index is 652. The minimum absolute atomic E-state index is 0.362. The third-order valence-electron chi connectivity index (χ3n) is 3.81. The summed E-state index contributed by atoms with van der Waals surface area (Å²) in [4.78, 5) is 23.2. The molecule has 6 nitrogen and oxygen atoms in total. The van der Waals surface area contributed by atoms with Gasteiger partial charge in [-0.25, -0.2) is 9.78 Å². The molecule has 124 valence electrons. The minimum atomic E-state index is -0.885. The number of carbonyl (C=O) groups is 1. The first kappa shape index (κ1) is 17.2. The second kappa shape index (κ2) is 7.89. The molecule has 2 rings (SSSR count). The molecule has 0 radical (unpaired) electrons. The fraction of sp³-hybridized carbons (Fsp3) is 0.412. The maximum Gasteiger partial charge on any atom is 0.336 e. The Morgan fingerprint density at radius 2 is 1.96 bits per heavy atom. The number of aromatic amines is 1. The van der Waals surface area contributed by atoms with E-state index in [-0.39, 0.29) is 0 Å². The lowest BCUT2D eigenvalue weighted by atomic mass is 10.1. The fourth-order valence-corrected chi connectivity index (χ4v) is 2.42. The third kappa shape index (κ3) is 4.91. The predicted octanol–water partition coefficient (Wildman–Crippen LogP) is 1.98. The van der Waals surface area contributed by atoms with Gasteiger partial charge in [-0.15, -0.1) is 0 Å². The average molecular weight is 316 g/mol. The Morgan fingerprint density at radius 1 is 1.22 bits per heavy atom. The smallest absolute Gasteiger partial charge is 0.336 e. The molecule has 0 bridgehead atoms. The number of H-pyrrole nitrogens is 1. The lowest BCUT2D eigenvalue weighted by Gasteiger charge is -2.24. The Morgan fingerprint density at radius 3 is 2.57 bits per heavy atom. The number of carboxylic acid groups (broad SMARTS) is 1. The summed E-state index contributed by atoms with van der Waals surface area (Å²) in [5.74, 6) is -0.885. The van der Waals surface area contributed by atoms with Crippen molar-refractivity contribution in [2.45, 2.75) is 20.0 Å². The second-order valence-electron chi connectivity index (χ2n) is 5.95. The number of aromatic carboxylic acids is 1. The molecule has 2 N–H and O–H groups in total. The van der Waals surface area contributed by atoms with Crippen molar-refractivity contribution in [1.29, 1.82) is 0 Å². The number of benzene rings is 1. The van der Waals surface area contributed by atoms with E-state index in [0.29, 0.717) is 18.7 Å². The van der Waals surface area contributed by atoms with E-state index in [9.17, 15) is 9.90 Å². The summed E-state index contributed by atoms with van der Waals surface area (Å²) in [6.07, 6.45) is 1.69. The molecule has 23 heavy (non-hydrogen) atoms. The number of hydrogen-bond acceptors (Lipinski definition) is 4. The van der Waals surface area contributed by atoms with Crippen LogP contribution in [-0.4, -0.2) is 58.0 Å². The first-order chi connectivity index (χ1) is 11.0. The van der Waals surface area contributed by atoms with Gasteiger partial charge in [-0.2, -0.15) is 0 Å². The second-order valence-corrected chi connectivity index (χ2v) is 5.95. The summed E-state index contributed by atoms with van der Waals surface area (Å²) in [5.41, 5.74) is 3.23. The van der Waals surface area contributed by atoms with Crippen molar-refractivity contribution in [1.82, 2.24) is 19.8 Å². The Hall–Kier alpha value is -2.18. The van der Waals surface area contributed by atoms with E-state index in [1.165, 1.54) is 0 Å². The fourth-order valence-electron chi connectivity index (χ4n) is 2.42. The van der Waals surface area contributed by atoms with Crippen molar-refractivity contribution in [3.63, 3.8) is 0 Å². The zero-order valence-corrected chi connectivity index (χ0v) is 13.9. The lowest BCUT2D eigenvalue weighted by Crippen LogP contribution is -2.32. The van der Waals surface area contributed by atoms with E-state index in [4.69, 9.17) is 0 Å². The van der Waals surface area contributed by atoms with Crippen LogP contribution in [0.15, 0.2) is 30.6 Å². The zero-order chi connectivity index (χ0) is 16.8. The maximum absolute atomic E-state index is 11.4. The lowest BCUT2D eigenvalue weighted by molar-refractivity contribution is 0.0694. The van der Waals surface area contributed by atoms with Crippen LogP contribution in [0.5, 0.6) is 0 Å². The molecule has 1 aromatic carbocycles. The van der Waals surface area contributed by atoms with Crippen molar-refractivity contribution in [2.75, 3.05) is 27.2 Å². The summed E-state index contributed by atoms with van der Waals surface area (Å²) in [6.45, 7) is 5.02. The highest BCUT2D eigenvalue weighted by Gasteiger charge is 2.15. The molecule has 0 amide bonds. The van der Waals surface area contributed by atoms with E-state index in [0.717, 1.165) is 30.0 Å². The molecule has 0 spiro atoms. The van der Waals surface area contributed by atoms with E-state index in [1.807, 2.05) is 33.2 Å². The van der Waals surface area contributed by atoms with Gasteiger partial charge in [-0.3, -0.25) is 4.90 Å². The Balaban J connectivity index is 2.17. The number of aryl methyl sites for hydroxylation is 1. The van der Waals surface area contributed by atoms with Crippen LogP contribution in [0.1, 0.15) is 27.3 Å². The molecule has 0 aliphatic carbocycles. The molecule has 1 aromatic heterocycles. The molecule has 0 aliphatic rings. The first-order valence-corrected chi connectivity index (χ1v) is 7.64. The van der Waals surface area contributed by atoms with Crippen LogP contribution in [0.2, 0.25) is 0 Å². The molecule has 0 aliphatic heterocycles. The van der Waals surface area contributed by atoms with Crippen molar-refractivity contribution in [3.8, 4) is 0 Å². The van der Waals surface area contributed by atoms with Crippen LogP contribution in [0.3, 0.4) is 0 Å². The number of imidazole rings is 1. The van der Waals surface area contributed by atoms with Gasteiger partial charge in [0.25, 0.3) is 0 Å². The number of likely N-dealkylation sites (N-methyl/N-ethyl adjacent to an activating group) is 1. The van der Waals surface area contributed by atoms with Gasteiger partial charge in [0.05, 0.1) is 17.6 Å². The van der Waals surface area contributed by atoms with Crippen molar-refractivity contribution in [3.05, 3.63) is 53.1 Å². The van der Waals surface area contributed by atoms with Crippen molar-refractivity contribution >= 4 is 5.97 Å². The monoisotopic (exact) mass is 316 g/mol. The molecule has 6 heteroatoms. The third-order valence-corrected chi connectivity index (χ3v) is 3.81. The van der Waals surface area contributed by atoms with Crippen LogP contribution in [0.25, 0.3) is 0 Å². The molecule has 0 saturated heterocycles. The Labute approximate surface area is 136 Å². The molecule has 0 saturated carbocycles. The molecular weight excluding hydrogens is 292 g/mol. The maximum atomic E-state index is 11.4. The van der Waals surface area contributed by atoms with Crippen LogP contribution < -0.4 is 0 Å². The SMILES string of the molecule is Cc1[nH]cnc1CN(CCN(C)C)Cc1ccccc1C(=O)O. The topological polar surface area (TPSA) is 72.5 Å². The largest absolute Gasteiger partial charge is 0.478 e. The highest BCUT2D eigenvalue weighted by molar-refractivity contribution is 5.89.